The number of aromatic nitrogens is 4. The second kappa shape index (κ2) is 25.3. The summed E-state index contributed by atoms with van der Waals surface area (Å²) in [6.45, 7) is 19.5. The Bertz CT molecular complexity index is 3400. The van der Waals surface area contributed by atoms with Crippen LogP contribution < -0.4 is 16.9 Å². The Hall–Kier alpha value is -6.21. The molecule has 0 fully saturated rings. The van der Waals surface area contributed by atoms with Gasteiger partial charge in [-0.15, -0.1) is 0 Å². The molecule has 6 N–H and O–H groups in total. The number of esters is 1. The van der Waals surface area contributed by atoms with E-state index in [1.54, 1.807) is 35.1 Å². The molecule has 0 amide bonds. The molecule has 8 heterocycles. The quantitative estimate of drug-likeness (QED) is 0.0985. The molecular formula is C61H78F2N6O9. The van der Waals surface area contributed by atoms with Crippen molar-refractivity contribution in [3.8, 4) is 22.8 Å². The molecule has 0 saturated heterocycles. The van der Waals surface area contributed by atoms with E-state index < -0.39 is 18.2 Å². The fourth-order valence-corrected chi connectivity index (χ4v) is 11.6. The molecule has 2 aliphatic carbocycles. The third-order valence-corrected chi connectivity index (χ3v) is 15.1. The van der Waals surface area contributed by atoms with Gasteiger partial charge < -0.3 is 49.7 Å². The normalized spacial score (nSPS) is 17.9. The monoisotopic (exact) mass is 1080 g/mol. The lowest BCUT2D eigenvalue weighted by atomic mass is 9.76. The van der Waals surface area contributed by atoms with Crippen molar-refractivity contribution in [3.63, 3.8) is 0 Å². The maximum absolute atomic E-state index is 14.8. The summed E-state index contributed by atoms with van der Waals surface area (Å²) in [5, 5.41) is 40.8. The minimum absolute atomic E-state index is 0.122. The highest BCUT2D eigenvalue weighted by molar-refractivity contribution is 5.94. The number of hydrogen-bond acceptors (Lipinski definition) is 13. The van der Waals surface area contributed by atoms with Crippen LogP contribution in [-0.2, 0) is 59.8 Å². The maximum atomic E-state index is 14.8. The average molecular weight is 1080 g/mol. The smallest absolute Gasteiger partial charge is 0.340 e. The van der Waals surface area contributed by atoms with Crippen LogP contribution in [0.15, 0.2) is 45.7 Å². The third kappa shape index (κ3) is 11.1. The van der Waals surface area contributed by atoms with Gasteiger partial charge in [-0.2, -0.15) is 0 Å². The first kappa shape index (κ1) is 59.5. The number of nitrogens with zero attached hydrogens (tertiary/aromatic N) is 5. The van der Waals surface area contributed by atoms with Crippen molar-refractivity contribution in [3.05, 3.63) is 135 Å². The SMILES string of the molecule is C/C=C1/OCc2c(cc3n(c2=O)Cc2c-3nc3cc(F)c(C)c4c3c2C(CCCO)CC4)C1O.CC.CC.CC(C)N.CN(C)CCCO.Cc1c(F)cc2nc3c(c4c2c1CCC4)Cn1c-3cc2c(c1=O)COC(=O)C2O. The Labute approximate surface area is 455 Å². The van der Waals surface area contributed by atoms with Crippen molar-refractivity contribution < 1.29 is 43.5 Å². The number of hydrogen-bond donors (Lipinski definition) is 5. The summed E-state index contributed by atoms with van der Waals surface area (Å²) in [7, 11) is 3.99. The minimum Gasteiger partial charge on any atom is -0.490 e. The van der Waals surface area contributed by atoms with Crippen LogP contribution >= 0.6 is 0 Å². The third-order valence-electron chi connectivity index (χ3n) is 15.1. The highest BCUT2D eigenvalue weighted by atomic mass is 19.1. The molecule has 78 heavy (non-hydrogen) atoms. The number of rotatable bonds is 6. The van der Waals surface area contributed by atoms with Crippen molar-refractivity contribution in [2.45, 2.75) is 164 Å². The molecule has 15 nitrogen and oxygen atoms in total. The lowest BCUT2D eigenvalue weighted by Crippen LogP contribution is -2.32. The molecule has 3 atom stereocenters. The fourth-order valence-electron chi connectivity index (χ4n) is 11.6. The van der Waals surface area contributed by atoms with Gasteiger partial charge in [0.1, 0.15) is 36.7 Å². The molecule has 3 unspecified atom stereocenters. The summed E-state index contributed by atoms with van der Waals surface area (Å²) in [6, 6.07) is 6.82. The first-order chi connectivity index (χ1) is 37.4. The van der Waals surface area contributed by atoms with Crippen LogP contribution in [0.3, 0.4) is 0 Å². The van der Waals surface area contributed by atoms with E-state index in [1.807, 2.05) is 68.6 Å². The Morgan fingerprint density at radius 1 is 0.718 bits per heavy atom. The highest BCUT2D eigenvalue weighted by Crippen LogP contribution is 2.48. The molecule has 0 radical (unpaired) electrons. The van der Waals surface area contributed by atoms with Gasteiger partial charge in [0.05, 0.1) is 58.0 Å². The molecular weight excluding hydrogens is 999 g/mol. The molecule has 0 spiro atoms. The van der Waals surface area contributed by atoms with Crippen LogP contribution in [0, 0.1) is 25.5 Å². The van der Waals surface area contributed by atoms with Gasteiger partial charge in [-0.05, 0) is 156 Å². The van der Waals surface area contributed by atoms with E-state index in [9.17, 15) is 38.5 Å². The standard InChI is InChI=1S/C27H27FN2O4.C22H17FN2O4.C5H13NO.C3H9N.2C2H6/c1-3-22-26(32)16-9-21-25-17(11-30(21)27(33)18(16)12-34-22)23-14(5-4-8-31)6-7-15-13(2)19(28)10-20(29-25)24(15)23;1-9-10-3-2-4-11-13-7-25-17(19(13)24-16(18(10)11)6-15(9)23)5-12-14(21(25)27)8-29-22(28)20(12)26;1-6(2)4-3-5-7;1-3(2)4;2*1-2/h3,9-10,14,26,31-32H,4-8,11-12H2,1-2H3;5-6,20,26H,2-4,7-8H2,1H3;7H,3-5H2,1-2H3;3H,4H2,1-2H3;2*1-2H3/b22-3+;;;;;. The fraction of sp³-hybridized carbons (Fsp3) is 0.492. The van der Waals surface area contributed by atoms with E-state index in [-0.39, 0.29) is 54.1 Å². The van der Waals surface area contributed by atoms with E-state index >= 15 is 0 Å². The number of fused-ring (bicyclic) bond motifs is 10. The van der Waals surface area contributed by atoms with Crippen molar-refractivity contribution in [1.82, 2.24) is 24.0 Å². The zero-order valence-electron chi connectivity index (χ0n) is 47.2. The number of nitrogens with two attached hydrogens (primary N) is 1. The molecule has 4 aliphatic heterocycles. The average Bonchev–Trinajstić information content (AvgIpc) is 4.08. The number of ether oxygens (including phenoxy) is 2. The molecule has 0 bridgehead atoms. The number of aliphatic hydroxyl groups excluding tert-OH is 4. The van der Waals surface area contributed by atoms with Gasteiger partial charge in [-0.1, -0.05) is 41.5 Å². The number of allylic oxidation sites excluding steroid dienone is 1. The van der Waals surface area contributed by atoms with E-state index in [0.717, 1.165) is 95.6 Å². The number of carbonyl (C=O) groups is 1. The zero-order valence-corrected chi connectivity index (χ0v) is 47.2. The van der Waals surface area contributed by atoms with Gasteiger partial charge in [-0.25, -0.2) is 23.5 Å². The number of halogens is 2. The number of carbonyl (C=O) groups excluding carboxylic acids is 1. The zero-order chi connectivity index (χ0) is 57.0. The van der Waals surface area contributed by atoms with E-state index in [0.29, 0.717) is 99.5 Å². The second-order valence-electron chi connectivity index (χ2n) is 20.7. The lowest BCUT2D eigenvalue weighted by Gasteiger charge is -2.29. The van der Waals surface area contributed by atoms with Crippen molar-refractivity contribution >= 4 is 27.8 Å². The van der Waals surface area contributed by atoms with Gasteiger partial charge >= 0.3 is 5.97 Å². The molecule has 0 saturated carbocycles. The first-order valence-corrected chi connectivity index (χ1v) is 27.7. The van der Waals surface area contributed by atoms with Gasteiger partial charge in [-0.3, -0.25) is 9.59 Å². The van der Waals surface area contributed by atoms with Crippen LogP contribution in [0.4, 0.5) is 8.78 Å². The van der Waals surface area contributed by atoms with Crippen LogP contribution in [0.25, 0.3) is 44.6 Å². The Morgan fingerprint density at radius 2 is 1.22 bits per heavy atom. The number of aliphatic hydroxyl groups is 4. The second-order valence-corrected chi connectivity index (χ2v) is 20.7. The number of aryl methyl sites for hydroxylation is 3. The molecule has 4 aromatic heterocycles. The lowest BCUT2D eigenvalue weighted by molar-refractivity contribution is -0.157. The molecule has 6 aliphatic rings. The minimum atomic E-state index is -1.48. The number of pyridine rings is 4. The summed E-state index contributed by atoms with van der Waals surface area (Å²) in [5.74, 6) is -0.647. The number of benzene rings is 2. The van der Waals surface area contributed by atoms with Gasteiger partial charge in [0.25, 0.3) is 11.1 Å². The van der Waals surface area contributed by atoms with Crippen molar-refractivity contribution in [1.29, 1.82) is 0 Å². The first-order valence-electron chi connectivity index (χ1n) is 27.7. The Kier molecular flexibility index (Phi) is 19.3. The van der Waals surface area contributed by atoms with Gasteiger partial charge in [0.15, 0.2) is 6.10 Å². The van der Waals surface area contributed by atoms with Crippen LogP contribution in [0.5, 0.6) is 0 Å². The van der Waals surface area contributed by atoms with Crippen LogP contribution in [0.1, 0.15) is 165 Å². The maximum Gasteiger partial charge on any atom is 0.340 e. The van der Waals surface area contributed by atoms with Crippen molar-refractivity contribution in [2.75, 3.05) is 33.9 Å². The number of cyclic esters (lactones) is 1. The van der Waals surface area contributed by atoms with Crippen molar-refractivity contribution in [2.24, 2.45) is 5.73 Å². The van der Waals surface area contributed by atoms with E-state index in [4.69, 9.17) is 30.3 Å². The highest BCUT2D eigenvalue weighted by Gasteiger charge is 2.38. The summed E-state index contributed by atoms with van der Waals surface area (Å²) in [6.07, 6.45) is 5.88. The predicted molar refractivity (Wildman–Crippen MR) is 300 cm³/mol. The molecule has 12 rings (SSSR count). The molecule has 420 valence electrons. The topological polar surface area (TPSA) is 215 Å². The van der Waals surface area contributed by atoms with E-state index in [1.165, 1.54) is 12.1 Å². The van der Waals surface area contributed by atoms with Gasteiger partial charge in [0, 0.05) is 58.4 Å². The summed E-state index contributed by atoms with van der Waals surface area (Å²) >= 11 is 0. The molecule has 17 heteroatoms. The summed E-state index contributed by atoms with van der Waals surface area (Å²) in [4.78, 5) is 50.0. The van der Waals surface area contributed by atoms with E-state index in [2.05, 4.69) is 4.90 Å². The van der Waals surface area contributed by atoms with Crippen LogP contribution in [-0.4, -0.2) is 90.3 Å². The van der Waals surface area contributed by atoms with Crippen LogP contribution in [0.2, 0.25) is 0 Å². The Morgan fingerprint density at radius 3 is 1.76 bits per heavy atom. The predicted octanol–water partition coefficient (Wildman–Crippen LogP) is 8.93. The largest absolute Gasteiger partial charge is 0.490 e. The molecule has 2 aromatic carbocycles. The molecule has 6 aromatic rings. The van der Waals surface area contributed by atoms with Gasteiger partial charge in [0.2, 0.25) is 0 Å². The summed E-state index contributed by atoms with van der Waals surface area (Å²) in [5.41, 5.74) is 17.6. The summed E-state index contributed by atoms with van der Waals surface area (Å²) < 4.78 is 43.2. The Balaban J connectivity index is 0.000000182.